The molecule has 1 aromatic carbocycles. The standard InChI is InChI=1S/C15H15NO5/c1-9-12(15(19)21-14(9)18)10-4-3-5-11(8-10)13(17)16-6-7-20-2/h3-5,8H,6-7H2,1-2H3,(H,16,17). The van der Waals surface area contributed by atoms with Gasteiger partial charge in [-0.05, 0) is 24.6 Å². The molecule has 110 valence electrons. The van der Waals surface area contributed by atoms with Crippen molar-refractivity contribution in [1.82, 2.24) is 5.32 Å². The minimum atomic E-state index is -0.686. The molecule has 21 heavy (non-hydrogen) atoms. The smallest absolute Gasteiger partial charge is 0.347 e. The molecule has 1 N–H and O–H groups in total. The van der Waals surface area contributed by atoms with Crippen LogP contribution in [0.5, 0.6) is 0 Å². The monoisotopic (exact) mass is 289 g/mol. The second-order valence-electron chi connectivity index (χ2n) is 4.51. The Bertz CT molecular complexity index is 633. The van der Waals surface area contributed by atoms with Gasteiger partial charge in [-0.3, -0.25) is 4.79 Å². The molecule has 6 heteroatoms. The van der Waals surface area contributed by atoms with Gasteiger partial charge in [-0.1, -0.05) is 12.1 Å². The zero-order valence-electron chi connectivity index (χ0n) is 11.8. The highest BCUT2D eigenvalue weighted by Gasteiger charge is 2.31. The fraction of sp³-hybridized carbons (Fsp3) is 0.267. The van der Waals surface area contributed by atoms with Crippen LogP contribution in [0.15, 0.2) is 29.8 Å². The fourth-order valence-electron chi connectivity index (χ4n) is 1.99. The first kappa shape index (κ1) is 14.9. The first-order valence-electron chi connectivity index (χ1n) is 6.39. The van der Waals surface area contributed by atoms with E-state index in [2.05, 4.69) is 10.1 Å². The molecule has 0 spiro atoms. The third kappa shape index (κ3) is 3.17. The van der Waals surface area contributed by atoms with Crippen molar-refractivity contribution in [3.05, 3.63) is 41.0 Å². The van der Waals surface area contributed by atoms with Crippen molar-refractivity contribution in [2.45, 2.75) is 6.92 Å². The number of hydrogen-bond donors (Lipinski definition) is 1. The molecule has 1 aliphatic heterocycles. The Kier molecular flexibility index (Phi) is 4.49. The zero-order valence-corrected chi connectivity index (χ0v) is 11.8. The topological polar surface area (TPSA) is 81.7 Å². The van der Waals surface area contributed by atoms with Crippen LogP contribution in [0, 0.1) is 0 Å². The molecule has 1 aliphatic rings. The van der Waals surface area contributed by atoms with Crippen LogP contribution in [0.1, 0.15) is 22.8 Å². The number of carbonyl (C=O) groups excluding carboxylic acids is 3. The van der Waals surface area contributed by atoms with Crippen molar-refractivity contribution >= 4 is 23.4 Å². The molecule has 0 bridgehead atoms. The molecule has 2 rings (SSSR count). The lowest BCUT2D eigenvalue weighted by molar-refractivity contribution is -0.150. The van der Waals surface area contributed by atoms with Crippen molar-refractivity contribution in [3.63, 3.8) is 0 Å². The van der Waals surface area contributed by atoms with Gasteiger partial charge >= 0.3 is 11.9 Å². The molecule has 1 heterocycles. The van der Waals surface area contributed by atoms with Crippen LogP contribution in [-0.4, -0.2) is 38.1 Å². The Morgan fingerprint density at radius 1 is 1.29 bits per heavy atom. The van der Waals surface area contributed by atoms with E-state index in [1.165, 1.54) is 6.92 Å². The molecule has 6 nitrogen and oxygen atoms in total. The van der Waals surface area contributed by atoms with E-state index in [0.29, 0.717) is 24.3 Å². The summed E-state index contributed by atoms with van der Waals surface area (Å²) in [6, 6.07) is 6.49. The van der Waals surface area contributed by atoms with Crippen molar-refractivity contribution in [2.24, 2.45) is 0 Å². The highest BCUT2D eigenvalue weighted by Crippen LogP contribution is 2.27. The molecule has 1 aromatic rings. The lowest BCUT2D eigenvalue weighted by atomic mass is 10.00. The van der Waals surface area contributed by atoms with Gasteiger partial charge in [0.25, 0.3) is 5.91 Å². The third-order valence-electron chi connectivity index (χ3n) is 3.08. The zero-order chi connectivity index (χ0) is 15.4. The number of methoxy groups -OCH3 is 1. The second kappa shape index (κ2) is 6.32. The van der Waals surface area contributed by atoms with Gasteiger partial charge in [-0.2, -0.15) is 0 Å². The van der Waals surface area contributed by atoms with Crippen LogP contribution < -0.4 is 5.32 Å². The van der Waals surface area contributed by atoms with Gasteiger partial charge in [0.15, 0.2) is 0 Å². The second-order valence-corrected chi connectivity index (χ2v) is 4.51. The van der Waals surface area contributed by atoms with Gasteiger partial charge in [0.2, 0.25) is 0 Å². The first-order valence-corrected chi connectivity index (χ1v) is 6.39. The van der Waals surface area contributed by atoms with E-state index in [0.717, 1.165) is 0 Å². The van der Waals surface area contributed by atoms with Gasteiger partial charge in [0.1, 0.15) is 0 Å². The molecule has 1 amide bonds. The molecular weight excluding hydrogens is 274 g/mol. The lowest BCUT2D eigenvalue weighted by Gasteiger charge is -2.06. The third-order valence-corrected chi connectivity index (χ3v) is 3.08. The normalized spacial score (nSPS) is 14.4. The number of hydrogen-bond acceptors (Lipinski definition) is 5. The largest absolute Gasteiger partial charge is 0.386 e. The predicted molar refractivity (Wildman–Crippen MR) is 74.3 cm³/mol. The summed E-state index contributed by atoms with van der Waals surface area (Å²) in [5, 5.41) is 2.69. The van der Waals surface area contributed by atoms with Gasteiger partial charge in [-0.25, -0.2) is 9.59 Å². The molecule has 0 aromatic heterocycles. The number of ether oxygens (including phenoxy) is 2. The van der Waals surface area contributed by atoms with Gasteiger partial charge in [0, 0.05) is 24.8 Å². The number of amides is 1. The maximum atomic E-state index is 11.9. The highest BCUT2D eigenvalue weighted by atomic mass is 16.6. The molecule has 0 aliphatic carbocycles. The van der Waals surface area contributed by atoms with E-state index < -0.39 is 11.9 Å². The summed E-state index contributed by atoms with van der Waals surface area (Å²) in [5.41, 5.74) is 1.34. The minimum Gasteiger partial charge on any atom is -0.386 e. The summed E-state index contributed by atoms with van der Waals surface area (Å²) < 4.78 is 9.40. The Hall–Kier alpha value is -2.47. The summed E-state index contributed by atoms with van der Waals surface area (Å²) in [4.78, 5) is 35.0. The summed E-state index contributed by atoms with van der Waals surface area (Å²) in [6.45, 7) is 2.33. The number of carbonyl (C=O) groups is 3. The Morgan fingerprint density at radius 3 is 2.67 bits per heavy atom. The summed E-state index contributed by atoms with van der Waals surface area (Å²) in [7, 11) is 1.55. The molecule has 0 atom stereocenters. The number of nitrogens with one attached hydrogen (secondary N) is 1. The maximum Gasteiger partial charge on any atom is 0.347 e. The predicted octanol–water partition coefficient (Wildman–Crippen LogP) is 0.920. The summed E-state index contributed by atoms with van der Waals surface area (Å²) >= 11 is 0. The van der Waals surface area contributed by atoms with Crippen molar-refractivity contribution < 1.29 is 23.9 Å². The van der Waals surface area contributed by atoms with Crippen LogP contribution in [0.25, 0.3) is 5.57 Å². The summed E-state index contributed by atoms with van der Waals surface area (Å²) in [6.07, 6.45) is 0. The van der Waals surface area contributed by atoms with Crippen LogP contribution >= 0.6 is 0 Å². The van der Waals surface area contributed by atoms with E-state index in [9.17, 15) is 14.4 Å². The molecule has 0 fully saturated rings. The number of esters is 2. The average Bonchev–Trinajstić information content (AvgIpc) is 2.72. The van der Waals surface area contributed by atoms with Crippen molar-refractivity contribution in [3.8, 4) is 0 Å². The van der Waals surface area contributed by atoms with Crippen molar-refractivity contribution in [2.75, 3.05) is 20.3 Å². The van der Waals surface area contributed by atoms with Crippen LogP contribution in [-0.2, 0) is 19.1 Å². The number of rotatable bonds is 5. The fourth-order valence-corrected chi connectivity index (χ4v) is 1.99. The minimum absolute atomic E-state index is 0.201. The van der Waals surface area contributed by atoms with Gasteiger partial charge in [0.05, 0.1) is 12.2 Å². The quantitative estimate of drug-likeness (QED) is 0.495. The average molecular weight is 289 g/mol. The van der Waals surface area contributed by atoms with E-state index in [1.807, 2.05) is 0 Å². The van der Waals surface area contributed by atoms with Crippen LogP contribution in [0.4, 0.5) is 0 Å². The molecule has 0 saturated heterocycles. The van der Waals surface area contributed by atoms with Crippen LogP contribution in [0.2, 0.25) is 0 Å². The Morgan fingerprint density at radius 2 is 2.05 bits per heavy atom. The lowest BCUT2D eigenvalue weighted by Crippen LogP contribution is -2.26. The first-order chi connectivity index (χ1) is 10.0. The molecule has 0 unspecified atom stereocenters. The summed E-state index contributed by atoms with van der Waals surface area (Å²) in [5.74, 6) is -1.61. The molecular formula is C15H15NO5. The Balaban J connectivity index is 2.24. The SMILES string of the molecule is COCCNC(=O)c1cccc(C2=C(C)C(=O)OC2=O)c1. The van der Waals surface area contributed by atoms with E-state index in [1.54, 1.807) is 31.4 Å². The number of benzene rings is 1. The maximum absolute atomic E-state index is 11.9. The highest BCUT2D eigenvalue weighted by molar-refractivity contribution is 6.30. The Labute approximate surface area is 121 Å². The number of cyclic esters (lactones) is 2. The van der Waals surface area contributed by atoms with E-state index in [-0.39, 0.29) is 17.1 Å². The van der Waals surface area contributed by atoms with Gasteiger partial charge in [-0.15, -0.1) is 0 Å². The van der Waals surface area contributed by atoms with Gasteiger partial charge < -0.3 is 14.8 Å². The van der Waals surface area contributed by atoms with E-state index >= 15 is 0 Å². The van der Waals surface area contributed by atoms with Crippen molar-refractivity contribution in [1.29, 1.82) is 0 Å². The van der Waals surface area contributed by atoms with E-state index in [4.69, 9.17) is 4.74 Å². The molecule has 0 saturated carbocycles. The van der Waals surface area contributed by atoms with Crippen LogP contribution in [0.3, 0.4) is 0 Å². The molecule has 0 radical (unpaired) electrons.